The molecule has 102 valence electrons. The van der Waals surface area contributed by atoms with E-state index in [0.717, 1.165) is 17.8 Å². The maximum absolute atomic E-state index is 12.2. The van der Waals surface area contributed by atoms with Crippen molar-refractivity contribution in [3.63, 3.8) is 0 Å². The molecule has 0 saturated carbocycles. The van der Waals surface area contributed by atoms with E-state index in [4.69, 9.17) is 0 Å². The third kappa shape index (κ3) is 3.31. The fourth-order valence-corrected chi connectivity index (χ4v) is 1.78. The molecule has 0 aliphatic rings. The van der Waals surface area contributed by atoms with Crippen LogP contribution in [-0.2, 0) is 6.54 Å². The summed E-state index contributed by atoms with van der Waals surface area (Å²) in [6.07, 6.45) is 5.97. The first-order valence-corrected chi connectivity index (χ1v) is 6.43. The fraction of sp³-hybridized carbons (Fsp3) is 0.375. The van der Waals surface area contributed by atoms with Gasteiger partial charge in [-0.2, -0.15) is 0 Å². The Hall–Kier alpha value is -1.90. The highest BCUT2D eigenvalue weighted by Crippen LogP contribution is 2.11. The molecule has 19 heavy (non-hydrogen) atoms. The van der Waals surface area contributed by atoms with Crippen molar-refractivity contribution in [3.05, 3.63) is 50.5 Å². The molecule has 0 aliphatic heterocycles. The minimum atomic E-state index is -0.199. The molecule has 0 aromatic carbocycles. The molecular weight excluding hydrogens is 238 g/mol. The van der Waals surface area contributed by atoms with E-state index in [-0.39, 0.29) is 11.0 Å². The number of hydrogen-bond donors (Lipinski definition) is 0. The zero-order valence-electron chi connectivity index (χ0n) is 12.3. The normalized spacial score (nSPS) is 10.8. The van der Waals surface area contributed by atoms with Crippen molar-refractivity contribution in [1.82, 2.24) is 4.57 Å². The Kier molecular flexibility index (Phi) is 5.04. The van der Waals surface area contributed by atoms with Crippen molar-refractivity contribution in [3.8, 4) is 0 Å². The summed E-state index contributed by atoms with van der Waals surface area (Å²) in [5, 5.41) is 0. The minimum absolute atomic E-state index is 0.199. The number of pyridine rings is 1. The van der Waals surface area contributed by atoms with Gasteiger partial charge >= 0.3 is 0 Å². The summed E-state index contributed by atoms with van der Waals surface area (Å²) in [5.41, 5.74) is 3.81. The molecule has 0 atom stereocenters. The molecule has 0 radical (unpaired) electrons. The first-order chi connectivity index (χ1) is 8.92. The van der Waals surface area contributed by atoms with Gasteiger partial charge in [-0.15, -0.1) is 0 Å². The highest BCUT2D eigenvalue weighted by Gasteiger charge is 2.09. The molecule has 1 heterocycles. The molecule has 0 unspecified atom stereocenters. The molecule has 1 rings (SSSR count). The van der Waals surface area contributed by atoms with Crippen molar-refractivity contribution in [2.45, 2.75) is 41.2 Å². The van der Waals surface area contributed by atoms with E-state index in [1.54, 1.807) is 12.3 Å². The van der Waals surface area contributed by atoms with Crippen LogP contribution in [-0.4, -0.2) is 10.9 Å². The van der Waals surface area contributed by atoms with Crippen molar-refractivity contribution < 1.29 is 4.79 Å². The highest BCUT2D eigenvalue weighted by molar-refractivity contribution is 5.76. The van der Waals surface area contributed by atoms with Crippen molar-refractivity contribution in [2.75, 3.05) is 0 Å². The monoisotopic (exact) mass is 259 g/mol. The van der Waals surface area contributed by atoms with Gasteiger partial charge in [0.05, 0.1) is 5.56 Å². The standard InChI is InChI=1S/C16H21NO2/c1-6-17-9-14(10-18)16(19)15(13(17)5)8-7-12(4)11(2)3/h7-10H,6H2,1-5H3/b8-7-. The SMILES string of the molecule is CCn1cc(C=O)c(=O)c(/C=C\C(C)=C(C)C)c1C. The predicted molar refractivity (Wildman–Crippen MR) is 79.6 cm³/mol. The second-order valence-electron chi connectivity index (χ2n) is 4.83. The molecule has 3 nitrogen and oxygen atoms in total. The van der Waals surface area contributed by atoms with Crippen LogP contribution >= 0.6 is 0 Å². The third-order valence-corrected chi connectivity index (χ3v) is 3.38. The maximum Gasteiger partial charge on any atom is 0.199 e. The molecule has 1 aromatic rings. The van der Waals surface area contributed by atoms with Crippen LogP contribution < -0.4 is 5.43 Å². The number of carbonyl (C=O) groups excluding carboxylic acids is 1. The Balaban J connectivity index is 3.46. The van der Waals surface area contributed by atoms with Gasteiger partial charge in [0.15, 0.2) is 11.7 Å². The van der Waals surface area contributed by atoms with Crippen LogP contribution in [0.2, 0.25) is 0 Å². The van der Waals surface area contributed by atoms with Crippen LogP contribution in [0.5, 0.6) is 0 Å². The van der Waals surface area contributed by atoms with Crippen LogP contribution in [0.25, 0.3) is 6.08 Å². The second kappa shape index (κ2) is 6.32. The lowest BCUT2D eigenvalue weighted by Gasteiger charge is -2.11. The number of aromatic nitrogens is 1. The van der Waals surface area contributed by atoms with Gasteiger partial charge < -0.3 is 4.57 Å². The first-order valence-electron chi connectivity index (χ1n) is 6.43. The van der Waals surface area contributed by atoms with E-state index in [9.17, 15) is 9.59 Å². The molecule has 0 fully saturated rings. The van der Waals surface area contributed by atoms with Crippen LogP contribution in [0, 0.1) is 6.92 Å². The Labute approximate surface area is 114 Å². The number of rotatable bonds is 4. The number of aldehydes is 1. The average molecular weight is 259 g/mol. The maximum atomic E-state index is 12.2. The van der Waals surface area contributed by atoms with Gasteiger partial charge in [-0.05, 0) is 40.7 Å². The summed E-state index contributed by atoms with van der Waals surface area (Å²) in [6, 6.07) is 0. The lowest BCUT2D eigenvalue weighted by Crippen LogP contribution is -2.18. The quantitative estimate of drug-likeness (QED) is 0.614. The zero-order valence-corrected chi connectivity index (χ0v) is 12.3. The van der Waals surface area contributed by atoms with Crippen molar-refractivity contribution >= 4 is 12.4 Å². The summed E-state index contributed by atoms with van der Waals surface area (Å²) >= 11 is 0. The van der Waals surface area contributed by atoms with Gasteiger partial charge in [0.1, 0.15) is 0 Å². The summed E-state index contributed by atoms with van der Waals surface area (Å²) < 4.78 is 1.92. The Morgan fingerprint density at radius 1 is 1.32 bits per heavy atom. The molecule has 0 aliphatic carbocycles. The molecule has 0 spiro atoms. The summed E-state index contributed by atoms with van der Waals surface area (Å²) in [7, 11) is 0. The lowest BCUT2D eigenvalue weighted by atomic mass is 10.1. The molecular formula is C16H21NO2. The Morgan fingerprint density at radius 2 is 1.95 bits per heavy atom. The Bertz CT molecular complexity index is 600. The van der Waals surface area contributed by atoms with E-state index in [1.807, 2.05) is 45.3 Å². The summed E-state index contributed by atoms with van der Waals surface area (Å²) in [4.78, 5) is 23.1. The molecule has 1 aromatic heterocycles. The second-order valence-corrected chi connectivity index (χ2v) is 4.83. The van der Waals surface area contributed by atoms with E-state index in [0.29, 0.717) is 11.8 Å². The van der Waals surface area contributed by atoms with E-state index < -0.39 is 0 Å². The van der Waals surface area contributed by atoms with E-state index in [2.05, 4.69) is 0 Å². The smallest absolute Gasteiger partial charge is 0.199 e. The van der Waals surface area contributed by atoms with Crippen molar-refractivity contribution in [2.24, 2.45) is 0 Å². The summed E-state index contributed by atoms with van der Waals surface area (Å²) in [5.74, 6) is 0. The number of aryl methyl sites for hydroxylation is 1. The van der Waals surface area contributed by atoms with Crippen LogP contribution in [0.4, 0.5) is 0 Å². The molecule has 3 heteroatoms. The van der Waals surface area contributed by atoms with Gasteiger partial charge in [0, 0.05) is 24.0 Å². The average Bonchev–Trinajstić information content (AvgIpc) is 2.38. The van der Waals surface area contributed by atoms with E-state index in [1.165, 1.54) is 5.57 Å². The van der Waals surface area contributed by atoms with Crippen molar-refractivity contribution in [1.29, 1.82) is 0 Å². The van der Waals surface area contributed by atoms with Gasteiger partial charge in [-0.3, -0.25) is 9.59 Å². The van der Waals surface area contributed by atoms with Crippen LogP contribution in [0.3, 0.4) is 0 Å². The predicted octanol–water partition coefficient (Wildman–Crippen LogP) is 3.36. The molecule has 0 saturated heterocycles. The molecule has 0 bridgehead atoms. The van der Waals surface area contributed by atoms with Gasteiger partial charge in [-0.1, -0.05) is 17.2 Å². The topological polar surface area (TPSA) is 39.1 Å². The minimum Gasteiger partial charge on any atom is -0.350 e. The molecule has 0 N–H and O–H groups in total. The number of allylic oxidation sites excluding steroid dienone is 3. The first kappa shape index (κ1) is 15.2. The number of nitrogens with zero attached hydrogens (tertiary/aromatic N) is 1. The number of hydrogen-bond acceptors (Lipinski definition) is 2. The Morgan fingerprint density at radius 3 is 2.42 bits per heavy atom. The highest BCUT2D eigenvalue weighted by atomic mass is 16.1. The van der Waals surface area contributed by atoms with E-state index >= 15 is 0 Å². The zero-order chi connectivity index (χ0) is 14.6. The van der Waals surface area contributed by atoms with Gasteiger partial charge in [0.25, 0.3) is 0 Å². The lowest BCUT2D eigenvalue weighted by molar-refractivity contribution is 0.112. The van der Waals surface area contributed by atoms with Gasteiger partial charge in [-0.25, -0.2) is 0 Å². The number of carbonyl (C=O) groups is 1. The largest absolute Gasteiger partial charge is 0.350 e. The molecule has 0 amide bonds. The summed E-state index contributed by atoms with van der Waals surface area (Å²) in [6.45, 7) is 10.7. The van der Waals surface area contributed by atoms with Crippen LogP contribution in [0.15, 0.2) is 28.2 Å². The van der Waals surface area contributed by atoms with Crippen LogP contribution in [0.1, 0.15) is 49.3 Å². The van der Waals surface area contributed by atoms with Gasteiger partial charge in [0.2, 0.25) is 0 Å². The fourth-order valence-electron chi connectivity index (χ4n) is 1.78. The third-order valence-electron chi connectivity index (χ3n) is 3.38.